The molecule has 0 radical (unpaired) electrons. The van der Waals surface area contributed by atoms with Crippen LogP contribution >= 0.6 is 15.9 Å². The van der Waals surface area contributed by atoms with Gasteiger partial charge in [-0.2, -0.15) is 0 Å². The topological polar surface area (TPSA) is 56.7 Å². The summed E-state index contributed by atoms with van der Waals surface area (Å²) in [7, 11) is 0. The molecule has 0 aliphatic heterocycles. The molecular formula is C12H11BrN4O. The average molecular weight is 307 g/mol. The van der Waals surface area contributed by atoms with Crippen LogP contribution in [0.4, 0.5) is 0 Å². The predicted octanol–water partition coefficient (Wildman–Crippen LogP) is 2.85. The number of aryl methyl sites for hydroxylation is 2. The number of hydrogen-bond acceptors (Lipinski definition) is 4. The minimum Gasteiger partial charge on any atom is -0.444 e. The van der Waals surface area contributed by atoms with Crippen molar-refractivity contribution in [2.45, 2.75) is 20.4 Å². The van der Waals surface area contributed by atoms with Gasteiger partial charge in [-0.25, -0.2) is 15.0 Å². The lowest BCUT2D eigenvalue weighted by Gasteiger charge is -2.03. The van der Waals surface area contributed by atoms with Crippen LogP contribution < -0.4 is 0 Å². The monoisotopic (exact) mass is 306 g/mol. The van der Waals surface area contributed by atoms with Crippen LogP contribution in [0.3, 0.4) is 0 Å². The first-order valence-corrected chi connectivity index (χ1v) is 6.32. The molecule has 0 spiro atoms. The summed E-state index contributed by atoms with van der Waals surface area (Å²) in [6, 6.07) is 2.01. The summed E-state index contributed by atoms with van der Waals surface area (Å²) in [5.74, 6) is 2.39. The van der Waals surface area contributed by atoms with Gasteiger partial charge in [0.25, 0.3) is 0 Å². The fourth-order valence-electron chi connectivity index (χ4n) is 1.93. The number of hydrogen-bond donors (Lipinski definition) is 0. The van der Waals surface area contributed by atoms with E-state index in [1.165, 1.54) is 0 Å². The second kappa shape index (κ2) is 4.20. The average Bonchev–Trinajstić information content (AvgIpc) is 2.86. The van der Waals surface area contributed by atoms with Crippen LogP contribution in [0.5, 0.6) is 0 Å². The van der Waals surface area contributed by atoms with E-state index in [2.05, 4.69) is 35.4 Å². The van der Waals surface area contributed by atoms with Crippen molar-refractivity contribution in [1.29, 1.82) is 0 Å². The van der Waals surface area contributed by atoms with Gasteiger partial charge < -0.3 is 8.98 Å². The maximum atomic E-state index is 5.50. The van der Waals surface area contributed by atoms with Crippen LogP contribution in [0.2, 0.25) is 0 Å². The van der Waals surface area contributed by atoms with Crippen LogP contribution in [-0.4, -0.2) is 19.5 Å². The summed E-state index contributed by atoms with van der Waals surface area (Å²) in [5.41, 5.74) is 1.72. The molecule has 18 heavy (non-hydrogen) atoms. The number of nitrogens with zero attached hydrogens (tertiary/aromatic N) is 4. The van der Waals surface area contributed by atoms with Gasteiger partial charge >= 0.3 is 0 Å². The number of oxazole rings is 1. The molecule has 0 fully saturated rings. The third-order valence-corrected chi connectivity index (χ3v) is 3.18. The van der Waals surface area contributed by atoms with E-state index in [0.717, 1.165) is 27.2 Å². The Kier molecular flexibility index (Phi) is 2.66. The minimum atomic E-state index is 0.612. The van der Waals surface area contributed by atoms with Crippen LogP contribution in [0, 0.1) is 13.8 Å². The summed E-state index contributed by atoms with van der Waals surface area (Å²) in [6.07, 6.45) is 3.49. The van der Waals surface area contributed by atoms with E-state index in [4.69, 9.17) is 4.42 Å². The van der Waals surface area contributed by atoms with Crippen molar-refractivity contribution in [3.8, 4) is 0 Å². The summed E-state index contributed by atoms with van der Waals surface area (Å²) >= 11 is 3.43. The Labute approximate surface area is 112 Å². The van der Waals surface area contributed by atoms with E-state index in [9.17, 15) is 0 Å². The molecular weight excluding hydrogens is 296 g/mol. The molecule has 0 bridgehead atoms. The van der Waals surface area contributed by atoms with Crippen molar-refractivity contribution in [3.05, 3.63) is 40.4 Å². The Hall–Kier alpha value is -1.69. The third-order valence-electron chi connectivity index (χ3n) is 2.75. The van der Waals surface area contributed by atoms with E-state index < -0.39 is 0 Å². The van der Waals surface area contributed by atoms with Crippen LogP contribution in [0.25, 0.3) is 11.2 Å². The highest BCUT2D eigenvalue weighted by Crippen LogP contribution is 2.20. The zero-order valence-corrected chi connectivity index (χ0v) is 11.6. The second-order valence-electron chi connectivity index (χ2n) is 4.09. The molecule has 0 N–H and O–H groups in total. The smallest absolute Gasteiger partial charge is 0.191 e. The molecule has 0 aliphatic carbocycles. The van der Waals surface area contributed by atoms with E-state index in [0.29, 0.717) is 12.4 Å². The standard InChI is InChI=1S/C12H11BrN4O/c1-7-16-12-11(3-9(13)4-15-12)17(7)6-10-5-14-8(2)18-10/h3-5H,6H2,1-2H3. The fourth-order valence-corrected chi connectivity index (χ4v) is 2.25. The number of imidazole rings is 1. The molecule has 0 unspecified atom stereocenters. The maximum Gasteiger partial charge on any atom is 0.191 e. The summed E-state index contributed by atoms with van der Waals surface area (Å²) in [4.78, 5) is 12.8. The van der Waals surface area contributed by atoms with Gasteiger partial charge in [-0.05, 0) is 28.9 Å². The summed E-state index contributed by atoms with van der Waals surface area (Å²) in [6.45, 7) is 4.40. The number of aromatic nitrogens is 4. The first-order valence-electron chi connectivity index (χ1n) is 5.53. The largest absolute Gasteiger partial charge is 0.444 e. The van der Waals surface area contributed by atoms with Gasteiger partial charge in [-0.1, -0.05) is 0 Å². The van der Waals surface area contributed by atoms with Crippen molar-refractivity contribution >= 4 is 27.1 Å². The van der Waals surface area contributed by atoms with Gasteiger partial charge in [0.15, 0.2) is 11.5 Å². The zero-order valence-electron chi connectivity index (χ0n) is 10.0. The molecule has 3 aromatic rings. The normalized spacial score (nSPS) is 11.3. The molecule has 0 saturated carbocycles. The van der Waals surface area contributed by atoms with Crippen molar-refractivity contribution in [2.24, 2.45) is 0 Å². The number of pyridine rings is 1. The number of fused-ring (bicyclic) bond motifs is 1. The SMILES string of the molecule is Cc1ncc(Cn2c(C)nc3ncc(Br)cc32)o1. The Balaban J connectivity index is 2.10. The van der Waals surface area contributed by atoms with Gasteiger partial charge in [0.2, 0.25) is 0 Å². The van der Waals surface area contributed by atoms with Gasteiger partial charge in [-0.15, -0.1) is 0 Å². The second-order valence-corrected chi connectivity index (χ2v) is 5.00. The molecule has 3 aromatic heterocycles. The van der Waals surface area contributed by atoms with E-state index >= 15 is 0 Å². The lowest BCUT2D eigenvalue weighted by Crippen LogP contribution is -2.01. The van der Waals surface area contributed by atoms with E-state index in [1.54, 1.807) is 12.4 Å². The third kappa shape index (κ3) is 1.92. The molecule has 0 aliphatic rings. The molecule has 0 atom stereocenters. The van der Waals surface area contributed by atoms with Crippen molar-refractivity contribution in [3.63, 3.8) is 0 Å². The van der Waals surface area contributed by atoms with Gasteiger partial charge in [0.05, 0.1) is 18.3 Å². The Morgan fingerprint density at radius 1 is 1.28 bits per heavy atom. The van der Waals surface area contributed by atoms with Crippen molar-refractivity contribution in [1.82, 2.24) is 19.5 Å². The van der Waals surface area contributed by atoms with Crippen LogP contribution in [0.15, 0.2) is 27.3 Å². The minimum absolute atomic E-state index is 0.612. The lowest BCUT2D eigenvalue weighted by molar-refractivity contribution is 0.463. The number of halogens is 1. The Bertz CT molecular complexity index is 716. The Morgan fingerprint density at radius 2 is 2.11 bits per heavy atom. The highest BCUT2D eigenvalue weighted by Gasteiger charge is 2.11. The molecule has 6 heteroatoms. The molecule has 0 aromatic carbocycles. The Morgan fingerprint density at radius 3 is 2.83 bits per heavy atom. The highest BCUT2D eigenvalue weighted by molar-refractivity contribution is 9.10. The highest BCUT2D eigenvalue weighted by atomic mass is 79.9. The maximum absolute atomic E-state index is 5.50. The molecule has 5 nitrogen and oxygen atoms in total. The van der Waals surface area contributed by atoms with Crippen molar-refractivity contribution in [2.75, 3.05) is 0 Å². The molecule has 3 rings (SSSR count). The quantitative estimate of drug-likeness (QED) is 0.730. The predicted molar refractivity (Wildman–Crippen MR) is 70.3 cm³/mol. The van der Waals surface area contributed by atoms with E-state index in [-0.39, 0.29) is 0 Å². The molecule has 3 heterocycles. The van der Waals surface area contributed by atoms with Gasteiger partial charge in [-0.3, -0.25) is 0 Å². The fraction of sp³-hybridized carbons (Fsp3) is 0.250. The zero-order chi connectivity index (χ0) is 12.7. The summed E-state index contributed by atoms with van der Waals surface area (Å²) in [5, 5.41) is 0. The number of rotatable bonds is 2. The van der Waals surface area contributed by atoms with Gasteiger partial charge in [0.1, 0.15) is 11.6 Å². The first-order chi connectivity index (χ1) is 8.63. The van der Waals surface area contributed by atoms with Crippen molar-refractivity contribution < 1.29 is 4.42 Å². The van der Waals surface area contributed by atoms with Gasteiger partial charge in [0, 0.05) is 17.6 Å². The molecule has 0 saturated heterocycles. The van der Waals surface area contributed by atoms with Crippen LogP contribution in [0.1, 0.15) is 17.5 Å². The molecule has 0 amide bonds. The lowest BCUT2D eigenvalue weighted by atomic mass is 10.4. The van der Waals surface area contributed by atoms with Crippen LogP contribution in [-0.2, 0) is 6.54 Å². The first kappa shape index (κ1) is 11.4. The molecule has 92 valence electrons. The summed E-state index contributed by atoms with van der Waals surface area (Å²) < 4.78 is 8.50. The van der Waals surface area contributed by atoms with E-state index in [1.807, 2.05) is 19.9 Å².